The molecular weight excluding hydrogens is 826 g/mol. The summed E-state index contributed by atoms with van der Waals surface area (Å²) in [6.45, 7) is 12.1. The van der Waals surface area contributed by atoms with Gasteiger partial charge in [0.05, 0.1) is 22.8 Å². The lowest BCUT2D eigenvalue weighted by Crippen LogP contribution is -2.54. The summed E-state index contributed by atoms with van der Waals surface area (Å²) in [6, 6.07) is 20.4. The molecule has 0 bridgehead atoms. The van der Waals surface area contributed by atoms with Gasteiger partial charge >= 0.3 is 0 Å². The van der Waals surface area contributed by atoms with Crippen LogP contribution in [0, 0.1) is 29.1 Å². The number of ether oxygens (including phenoxy) is 1. The molecule has 0 spiro atoms. The van der Waals surface area contributed by atoms with Crippen molar-refractivity contribution in [2.75, 3.05) is 57.3 Å². The van der Waals surface area contributed by atoms with E-state index in [-0.39, 0.29) is 24.2 Å². The first-order valence-corrected chi connectivity index (χ1v) is 23.3. The van der Waals surface area contributed by atoms with E-state index in [0.29, 0.717) is 40.2 Å². The van der Waals surface area contributed by atoms with Gasteiger partial charge in [0.2, 0.25) is 11.8 Å². The van der Waals surface area contributed by atoms with Crippen LogP contribution in [0.4, 0.5) is 5.69 Å². The molecule has 2 atom stereocenters. The second-order valence-electron chi connectivity index (χ2n) is 18.9. The Morgan fingerprint density at radius 1 is 0.828 bits per heavy atom. The predicted molar refractivity (Wildman–Crippen MR) is 246 cm³/mol. The molecule has 12 nitrogen and oxygen atoms in total. The van der Waals surface area contributed by atoms with Gasteiger partial charge in [0, 0.05) is 67.9 Å². The van der Waals surface area contributed by atoms with Gasteiger partial charge in [-0.25, -0.2) is 4.99 Å². The molecule has 9 rings (SSSR count). The first-order valence-electron chi connectivity index (χ1n) is 22.9. The lowest BCUT2D eigenvalue weighted by molar-refractivity contribution is -0.136. The lowest BCUT2D eigenvalue weighted by Gasteiger charge is -2.41. The van der Waals surface area contributed by atoms with Crippen molar-refractivity contribution in [3.05, 3.63) is 117 Å². The van der Waals surface area contributed by atoms with Crippen LogP contribution in [0.3, 0.4) is 0 Å². The molecule has 3 aromatic rings. The van der Waals surface area contributed by atoms with E-state index in [1.165, 1.54) is 19.3 Å². The van der Waals surface area contributed by atoms with Crippen LogP contribution in [-0.4, -0.2) is 103 Å². The summed E-state index contributed by atoms with van der Waals surface area (Å²) in [5.74, 6) is 2.07. The highest BCUT2D eigenvalue weighted by atomic mass is 35.5. The Hall–Kier alpha value is -5.77. The molecule has 4 amide bonds. The highest BCUT2D eigenvalue weighted by Crippen LogP contribution is 2.38. The third-order valence-corrected chi connectivity index (χ3v) is 14.8. The molecule has 6 heterocycles. The highest BCUT2D eigenvalue weighted by Gasteiger charge is 2.45. The van der Waals surface area contributed by atoms with Crippen LogP contribution >= 0.6 is 11.6 Å². The van der Waals surface area contributed by atoms with E-state index in [0.717, 1.165) is 110 Å². The van der Waals surface area contributed by atoms with Gasteiger partial charge in [-0.2, -0.15) is 5.26 Å². The summed E-state index contributed by atoms with van der Waals surface area (Å²) < 4.78 is 6.21. The van der Waals surface area contributed by atoms with Crippen LogP contribution in [0.1, 0.15) is 103 Å². The molecule has 2 unspecified atom stereocenters. The zero-order chi connectivity index (χ0) is 44.5. The number of likely N-dealkylation sites (tertiary alicyclic amines) is 2. The zero-order valence-corrected chi connectivity index (χ0v) is 37.5. The average molecular weight is 883 g/mol. The van der Waals surface area contributed by atoms with Crippen LogP contribution in [0.2, 0.25) is 5.02 Å². The van der Waals surface area contributed by atoms with Gasteiger partial charge in [0.1, 0.15) is 24.2 Å². The van der Waals surface area contributed by atoms with Gasteiger partial charge in [0.25, 0.3) is 11.8 Å². The predicted octanol–water partition coefficient (Wildman–Crippen LogP) is 7.51. The Balaban J connectivity index is 0.694. The van der Waals surface area contributed by atoms with Gasteiger partial charge in [-0.1, -0.05) is 43.7 Å². The van der Waals surface area contributed by atoms with Crippen LogP contribution in [0.25, 0.3) is 0 Å². The number of hydrogen-bond donors (Lipinski definition) is 1. The fourth-order valence-corrected chi connectivity index (χ4v) is 10.9. The molecular formula is C51H56ClN7O5. The van der Waals surface area contributed by atoms with Crippen molar-refractivity contribution in [3.8, 4) is 11.8 Å². The number of imide groups is 2. The van der Waals surface area contributed by atoms with Crippen molar-refractivity contribution in [2.45, 2.75) is 76.7 Å². The number of carbonyl (C=O) groups excluding carboxylic acids is 4. The maximum absolute atomic E-state index is 13.4. The Morgan fingerprint density at radius 3 is 2.28 bits per heavy atom. The average Bonchev–Trinajstić information content (AvgIpc) is 3.76. The third-order valence-electron chi connectivity index (χ3n) is 14.6. The molecule has 332 valence electrons. The number of nitrogens with one attached hydrogen (secondary N) is 1. The monoisotopic (exact) mass is 881 g/mol. The summed E-state index contributed by atoms with van der Waals surface area (Å²) in [5.41, 5.74) is 5.03. The molecule has 1 N–H and O–H groups in total. The topological polar surface area (TPSA) is 139 Å². The van der Waals surface area contributed by atoms with Gasteiger partial charge < -0.3 is 19.4 Å². The minimum absolute atomic E-state index is 0.106. The lowest BCUT2D eigenvalue weighted by atomic mass is 9.78. The SMILES string of the molecule is CC(C)(c1ccc(OCC2=CCC(N3CCC(CN4CCC(C5CCN(c6ccc7c(c6)C(=O)N(C6CCC(=O)NC6=O)C7=O)CC5)CC4)C3)=NC=C2)cc1)c1cc(Cl)cc(C#N)c1. The second-order valence-corrected chi connectivity index (χ2v) is 19.3. The van der Waals surface area contributed by atoms with Gasteiger partial charge in [-0.3, -0.25) is 29.4 Å². The van der Waals surface area contributed by atoms with Crippen molar-refractivity contribution in [1.82, 2.24) is 20.0 Å². The quantitative estimate of drug-likeness (QED) is 0.205. The molecule has 3 aromatic carbocycles. The number of fused-ring (bicyclic) bond motifs is 1. The number of rotatable bonds is 10. The van der Waals surface area contributed by atoms with Crippen molar-refractivity contribution < 1.29 is 23.9 Å². The van der Waals surface area contributed by atoms with Crippen LogP contribution in [0.15, 0.2) is 89.6 Å². The number of carbonyl (C=O) groups is 4. The molecule has 0 aromatic heterocycles. The van der Waals surface area contributed by atoms with E-state index >= 15 is 0 Å². The molecule has 0 radical (unpaired) electrons. The number of halogens is 1. The minimum Gasteiger partial charge on any atom is -0.489 e. The number of benzene rings is 3. The van der Waals surface area contributed by atoms with Crippen molar-refractivity contribution in [2.24, 2.45) is 22.7 Å². The van der Waals surface area contributed by atoms with Gasteiger partial charge in [-0.15, -0.1) is 0 Å². The summed E-state index contributed by atoms with van der Waals surface area (Å²) >= 11 is 6.32. The maximum atomic E-state index is 13.4. The molecule has 6 aliphatic rings. The summed E-state index contributed by atoms with van der Waals surface area (Å²) in [6.07, 6.45) is 13.1. The van der Waals surface area contributed by atoms with E-state index in [2.05, 4.69) is 64.2 Å². The molecule has 4 fully saturated rings. The Bertz CT molecular complexity index is 2460. The second kappa shape index (κ2) is 18.4. The number of amides is 4. The van der Waals surface area contributed by atoms with E-state index in [4.69, 9.17) is 21.3 Å². The number of aliphatic imine (C=N–C) groups is 1. The summed E-state index contributed by atoms with van der Waals surface area (Å²) in [4.78, 5) is 64.1. The normalized spacial score (nSPS) is 22.6. The molecule has 0 saturated carbocycles. The number of anilines is 1. The van der Waals surface area contributed by atoms with E-state index in [9.17, 15) is 24.4 Å². The fraction of sp³-hybridized carbons (Fsp3) is 0.451. The molecule has 13 heteroatoms. The smallest absolute Gasteiger partial charge is 0.262 e. The van der Waals surface area contributed by atoms with Crippen LogP contribution < -0.4 is 15.0 Å². The summed E-state index contributed by atoms with van der Waals surface area (Å²) in [5, 5.41) is 12.3. The van der Waals surface area contributed by atoms with Gasteiger partial charge in [-0.05, 0) is 141 Å². The Morgan fingerprint density at radius 2 is 1.55 bits per heavy atom. The third kappa shape index (κ3) is 9.11. The van der Waals surface area contributed by atoms with Crippen LogP contribution in [-0.2, 0) is 15.0 Å². The maximum Gasteiger partial charge on any atom is 0.262 e. The first-order chi connectivity index (χ1) is 30.9. The molecule has 4 saturated heterocycles. The highest BCUT2D eigenvalue weighted by molar-refractivity contribution is 6.30. The minimum atomic E-state index is -0.955. The summed E-state index contributed by atoms with van der Waals surface area (Å²) in [7, 11) is 0. The van der Waals surface area contributed by atoms with E-state index in [1.807, 2.05) is 42.6 Å². The van der Waals surface area contributed by atoms with Crippen molar-refractivity contribution >= 4 is 46.8 Å². The standard InChI is InChI=1S/C51H56ClN7O5/c1-51(2,39-25-35(29-53)26-40(52)27-39)38-4-7-42(8-5-38)64-32-33-3-11-46(54-19-13-33)58-22-14-34(31-58)30-56-20-15-36(16-21-56)37-17-23-57(24-18-37)41-6-9-43-44(28-41)50(63)59(49(43)62)45-10-12-47(60)55-48(45)61/h3-9,13,19,25-28,34,36-37,45H,10-12,14-18,20-24,30-32H2,1-2H3,(H,55,60,61). The van der Waals surface area contributed by atoms with Gasteiger partial charge in [0.15, 0.2) is 0 Å². The molecule has 64 heavy (non-hydrogen) atoms. The van der Waals surface area contributed by atoms with Crippen molar-refractivity contribution in [3.63, 3.8) is 0 Å². The van der Waals surface area contributed by atoms with Crippen LogP contribution in [0.5, 0.6) is 5.75 Å². The van der Waals surface area contributed by atoms with E-state index in [1.54, 1.807) is 12.1 Å². The number of nitriles is 1. The number of piperidine rings is 3. The Labute approximate surface area is 380 Å². The Kier molecular flexibility index (Phi) is 12.5. The van der Waals surface area contributed by atoms with E-state index < -0.39 is 23.8 Å². The fourth-order valence-electron chi connectivity index (χ4n) is 10.7. The number of hydrogen-bond acceptors (Lipinski definition) is 10. The molecule has 6 aliphatic heterocycles. The number of amidine groups is 1. The largest absolute Gasteiger partial charge is 0.489 e. The zero-order valence-electron chi connectivity index (χ0n) is 36.7. The van der Waals surface area contributed by atoms with Crippen molar-refractivity contribution in [1.29, 1.82) is 5.26 Å². The molecule has 0 aliphatic carbocycles. The number of nitrogens with zero attached hydrogens (tertiary/aromatic N) is 6. The first kappa shape index (κ1) is 43.5.